The minimum atomic E-state index is 0.583. The van der Waals surface area contributed by atoms with Crippen LogP contribution >= 0.6 is 0 Å². The van der Waals surface area contributed by atoms with Gasteiger partial charge in [-0.3, -0.25) is 4.98 Å². The van der Waals surface area contributed by atoms with Gasteiger partial charge in [0.05, 0.1) is 12.6 Å². The average molecular weight is 343 g/mol. The molecule has 0 radical (unpaired) electrons. The Bertz CT molecular complexity index is 1070. The molecule has 26 heavy (non-hydrogen) atoms. The van der Waals surface area contributed by atoms with E-state index in [1.165, 1.54) is 0 Å². The maximum absolute atomic E-state index is 5.22. The third kappa shape index (κ3) is 2.93. The Balaban J connectivity index is 1.86. The van der Waals surface area contributed by atoms with E-state index in [1.807, 2.05) is 43.4 Å². The summed E-state index contributed by atoms with van der Waals surface area (Å²) in [4.78, 5) is 17.7. The second kappa shape index (κ2) is 6.76. The van der Waals surface area contributed by atoms with Crippen LogP contribution < -0.4 is 10.1 Å². The van der Waals surface area contributed by atoms with Gasteiger partial charge in [0.25, 0.3) is 0 Å². The van der Waals surface area contributed by atoms with Gasteiger partial charge in [-0.2, -0.15) is 0 Å². The standard InChI is InChI=1S/C20H17N5O/c1-21-20-16-10-13(14-7-9-23-18(11-14)26-2)5-6-17(16)24-19(25-20)15-4-3-8-22-12-15/h3-12H,1-2H3,(H,21,24,25). The lowest BCUT2D eigenvalue weighted by Crippen LogP contribution is -1.99. The number of pyridine rings is 2. The lowest BCUT2D eigenvalue weighted by molar-refractivity contribution is 0.398. The molecule has 6 heteroatoms. The van der Waals surface area contributed by atoms with Crippen LogP contribution in [0.2, 0.25) is 0 Å². The SMILES string of the molecule is CNc1nc(-c2cccnc2)nc2ccc(-c3ccnc(OC)c3)cc12. The summed E-state index contributed by atoms with van der Waals surface area (Å²) in [6.07, 6.45) is 5.23. The molecule has 4 aromatic rings. The lowest BCUT2D eigenvalue weighted by atomic mass is 10.0. The predicted octanol–water partition coefficient (Wildman–Crippen LogP) is 3.80. The molecule has 0 saturated carbocycles. The molecule has 0 aliphatic rings. The summed E-state index contributed by atoms with van der Waals surface area (Å²) in [6.45, 7) is 0. The van der Waals surface area contributed by atoms with Gasteiger partial charge in [0, 0.05) is 42.7 Å². The second-order valence-electron chi connectivity index (χ2n) is 5.71. The van der Waals surface area contributed by atoms with E-state index < -0.39 is 0 Å². The van der Waals surface area contributed by atoms with E-state index in [2.05, 4.69) is 26.3 Å². The molecule has 6 nitrogen and oxygen atoms in total. The van der Waals surface area contributed by atoms with Crippen LogP contribution in [-0.4, -0.2) is 34.1 Å². The summed E-state index contributed by atoms with van der Waals surface area (Å²) in [5, 5.41) is 4.13. The molecular formula is C20H17N5O. The smallest absolute Gasteiger partial charge is 0.213 e. The number of ether oxygens (including phenoxy) is 1. The first kappa shape index (κ1) is 16.0. The van der Waals surface area contributed by atoms with Gasteiger partial charge in [-0.05, 0) is 41.5 Å². The van der Waals surface area contributed by atoms with Crippen LogP contribution in [0, 0.1) is 0 Å². The molecule has 0 aliphatic carbocycles. The van der Waals surface area contributed by atoms with Gasteiger partial charge in [-0.15, -0.1) is 0 Å². The number of nitrogens with zero attached hydrogens (tertiary/aromatic N) is 4. The summed E-state index contributed by atoms with van der Waals surface area (Å²) in [5.41, 5.74) is 3.83. The van der Waals surface area contributed by atoms with Crippen LogP contribution in [-0.2, 0) is 0 Å². The van der Waals surface area contributed by atoms with Crippen LogP contribution in [0.3, 0.4) is 0 Å². The Morgan fingerprint density at radius 3 is 2.58 bits per heavy atom. The highest BCUT2D eigenvalue weighted by molar-refractivity contribution is 5.93. The van der Waals surface area contributed by atoms with E-state index in [1.54, 1.807) is 25.7 Å². The van der Waals surface area contributed by atoms with Crippen molar-refractivity contribution < 1.29 is 4.74 Å². The highest BCUT2D eigenvalue weighted by Gasteiger charge is 2.10. The Morgan fingerprint density at radius 1 is 0.923 bits per heavy atom. The maximum atomic E-state index is 5.22. The molecule has 1 N–H and O–H groups in total. The second-order valence-corrected chi connectivity index (χ2v) is 5.71. The molecule has 4 rings (SSSR count). The minimum Gasteiger partial charge on any atom is -0.481 e. The number of nitrogens with one attached hydrogen (secondary N) is 1. The van der Waals surface area contributed by atoms with Crippen molar-refractivity contribution in [3.05, 3.63) is 61.1 Å². The van der Waals surface area contributed by atoms with Crippen LogP contribution in [0.15, 0.2) is 61.1 Å². The lowest BCUT2D eigenvalue weighted by Gasteiger charge is -2.10. The summed E-state index contributed by atoms with van der Waals surface area (Å²) in [5.74, 6) is 2.00. The van der Waals surface area contributed by atoms with Crippen molar-refractivity contribution in [2.75, 3.05) is 19.5 Å². The summed E-state index contributed by atoms with van der Waals surface area (Å²) in [7, 11) is 3.47. The van der Waals surface area contributed by atoms with E-state index in [-0.39, 0.29) is 0 Å². The molecule has 0 spiro atoms. The summed E-state index contributed by atoms with van der Waals surface area (Å²) >= 11 is 0. The highest BCUT2D eigenvalue weighted by atomic mass is 16.5. The van der Waals surface area contributed by atoms with Crippen LogP contribution in [0.5, 0.6) is 5.88 Å². The minimum absolute atomic E-state index is 0.583. The molecule has 0 unspecified atom stereocenters. The molecule has 0 amide bonds. The normalized spacial score (nSPS) is 10.7. The van der Waals surface area contributed by atoms with Crippen LogP contribution in [0.25, 0.3) is 33.4 Å². The van der Waals surface area contributed by atoms with Crippen LogP contribution in [0.4, 0.5) is 5.82 Å². The van der Waals surface area contributed by atoms with Gasteiger partial charge in [0.2, 0.25) is 5.88 Å². The Kier molecular flexibility index (Phi) is 4.15. The molecule has 1 aromatic carbocycles. The Morgan fingerprint density at radius 2 is 1.81 bits per heavy atom. The number of fused-ring (bicyclic) bond motifs is 1. The van der Waals surface area contributed by atoms with E-state index in [0.717, 1.165) is 33.4 Å². The van der Waals surface area contributed by atoms with Gasteiger partial charge < -0.3 is 10.1 Å². The van der Waals surface area contributed by atoms with Gasteiger partial charge in [-0.25, -0.2) is 15.0 Å². The van der Waals surface area contributed by atoms with Crippen molar-refractivity contribution >= 4 is 16.7 Å². The zero-order valence-electron chi connectivity index (χ0n) is 14.5. The molecular weight excluding hydrogens is 326 g/mol. The Hall–Kier alpha value is -3.54. The van der Waals surface area contributed by atoms with Gasteiger partial charge >= 0.3 is 0 Å². The van der Waals surface area contributed by atoms with Gasteiger partial charge in [0.15, 0.2) is 5.82 Å². The van der Waals surface area contributed by atoms with E-state index in [9.17, 15) is 0 Å². The molecule has 0 atom stereocenters. The third-order valence-corrected chi connectivity index (χ3v) is 4.13. The maximum Gasteiger partial charge on any atom is 0.213 e. The van der Waals surface area contributed by atoms with Crippen LogP contribution in [0.1, 0.15) is 0 Å². The van der Waals surface area contributed by atoms with Crippen molar-refractivity contribution in [2.45, 2.75) is 0 Å². The third-order valence-electron chi connectivity index (χ3n) is 4.13. The fourth-order valence-electron chi connectivity index (χ4n) is 2.82. The van der Waals surface area contributed by atoms with Crippen molar-refractivity contribution in [3.63, 3.8) is 0 Å². The summed E-state index contributed by atoms with van der Waals surface area (Å²) < 4.78 is 5.22. The van der Waals surface area contributed by atoms with E-state index in [4.69, 9.17) is 9.72 Å². The number of benzene rings is 1. The number of methoxy groups -OCH3 is 1. The number of hydrogen-bond acceptors (Lipinski definition) is 6. The van der Waals surface area contributed by atoms with E-state index in [0.29, 0.717) is 11.7 Å². The number of aromatic nitrogens is 4. The quantitative estimate of drug-likeness (QED) is 0.607. The van der Waals surface area contributed by atoms with Crippen molar-refractivity contribution in [1.82, 2.24) is 19.9 Å². The highest BCUT2D eigenvalue weighted by Crippen LogP contribution is 2.30. The van der Waals surface area contributed by atoms with E-state index >= 15 is 0 Å². The first-order valence-corrected chi connectivity index (χ1v) is 8.19. The first-order chi connectivity index (χ1) is 12.8. The van der Waals surface area contributed by atoms with Crippen molar-refractivity contribution in [3.8, 4) is 28.4 Å². The molecule has 0 fully saturated rings. The zero-order valence-corrected chi connectivity index (χ0v) is 14.5. The molecule has 0 saturated heterocycles. The van der Waals surface area contributed by atoms with Crippen molar-refractivity contribution in [2.24, 2.45) is 0 Å². The topological polar surface area (TPSA) is 72.8 Å². The number of anilines is 1. The Labute approximate surface area is 150 Å². The molecule has 0 aliphatic heterocycles. The monoisotopic (exact) mass is 343 g/mol. The predicted molar refractivity (Wildman–Crippen MR) is 102 cm³/mol. The first-order valence-electron chi connectivity index (χ1n) is 8.19. The molecule has 3 heterocycles. The number of rotatable bonds is 4. The molecule has 3 aromatic heterocycles. The fourth-order valence-corrected chi connectivity index (χ4v) is 2.82. The fraction of sp³-hybridized carbons (Fsp3) is 0.100. The number of hydrogen-bond donors (Lipinski definition) is 1. The van der Waals surface area contributed by atoms with Gasteiger partial charge in [-0.1, -0.05) is 6.07 Å². The largest absolute Gasteiger partial charge is 0.481 e. The summed E-state index contributed by atoms with van der Waals surface area (Å²) in [6, 6.07) is 13.8. The van der Waals surface area contributed by atoms with Crippen molar-refractivity contribution in [1.29, 1.82) is 0 Å². The average Bonchev–Trinajstić information content (AvgIpc) is 2.73. The molecule has 128 valence electrons. The molecule has 0 bridgehead atoms. The zero-order chi connectivity index (χ0) is 17.9. The van der Waals surface area contributed by atoms with Gasteiger partial charge in [0.1, 0.15) is 5.82 Å².